The molecular formula is C25H36N4O5. The first-order valence-electron chi connectivity index (χ1n) is 11.9. The number of ether oxygens (including phenoxy) is 3. The highest BCUT2D eigenvalue weighted by Gasteiger charge is 2.23. The van der Waals surface area contributed by atoms with Crippen molar-refractivity contribution in [3.63, 3.8) is 0 Å². The third-order valence-corrected chi connectivity index (χ3v) is 5.17. The molecule has 3 rings (SSSR count). The maximum atomic E-state index is 12.7. The number of nitrogens with one attached hydrogen (secondary N) is 1. The number of anilines is 1. The molecule has 186 valence electrons. The van der Waals surface area contributed by atoms with Gasteiger partial charge in [0.1, 0.15) is 17.9 Å². The molecule has 0 bridgehead atoms. The summed E-state index contributed by atoms with van der Waals surface area (Å²) in [5.41, 5.74) is 1.17. The van der Waals surface area contributed by atoms with Crippen molar-refractivity contribution < 1.29 is 24.1 Å². The number of fused-ring (bicyclic) bond motifs is 3. The molecule has 1 aromatic carbocycles. The van der Waals surface area contributed by atoms with Crippen molar-refractivity contribution >= 4 is 33.7 Å². The molecule has 0 fully saturated rings. The second kappa shape index (κ2) is 12.2. The number of carbonyl (C=O) groups is 1. The van der Waals surface area contributed by atoms with Gasteiger partial charge in [-0.15, -0.1) is 0 Å². The van der Waals surface area contributed by atoms with Crippen LogP contribution in [0.4, 0.5) is 5.82 Å². The van der Waals surface area contributed by atoms with Gasteiger partial charge in [0.2, 0.25) is 5.91 Å². The number of hydrogen-bond acceptors (Lipinski definition) is 7. The normalized spacial score (nSPS) is 12.0. The maximum absolute atomic E-state index is 12.7. The molecule has 2 heterocycles. The van der Waals surface area contributed by atoms with Crippen molar-refractivity contribution in [1.29, 1.82) is 0 Å². The van der Waals surface area contributed by atoms with Gasteiger partial charge in [-0.25, -0.2) is 9.97 Å². The van der Waals surface area contributed by atoms with Crippen LogP contribution in [0.25, 0.3) is 21.9 Å². The second-order valence-electron chi connectivity index (χ2n) is 8.70. The number of para-hydroxylation sites is 1. The van der Waals surface area contributed by atoms with Gasteiger partial charge in [-0.1, -0.05) is 18.2 Å². The number of imidazole rings is 1. The van der Waals surface area contributed by atoms with Gasteiger partial charge in [-0.2, -0.15) is 0 Å². The average molecular weight is 473 g/mol. The number of aromatic nitrogens is 3. The Morgan fingerprint density at radius 1 is 1.06 bits per heavy atom. The standard InChI is InChI=1S/C25H36N4O5/c1-5-32-14-15-34-13-9-12-21(30)28-24-22-23(18-10-7-8-11-19(18)26-24)29(17-25(3,4)31)20(27-22)16-33-6-2/h7-8,10-11,31H,5-6,9,12-17H2,1-4H3,(H,26,28,30). The molecule has 9 heteroatoms. The lowest BCUT2D eigenvalue weighted by atomic mass is 10.1. The van der Waals surface area contributed by atoms with E-state index in [-0.39, 0.29) is 5.91 Å². The van der Waals surface area contributed by atoms with Crippen LogP contribution in [0, 0.1) is 0 Å². The molecule has 0 saturated heterocycles. The highest BCUT2D eigenvalue weighted by Crippen LogP contribution is 2.31. The SMILES string of the molecule is CCOCCOCCCC(=O)Nc1nc2ccccc2c2c1nc(COCC)n2CC(C)(C)O. The van der Waals surface area contributed by atoms with E-state index in [0.29, 0.717) is 76.2 Å². The van der Waals surface area contributed by atoms with Crippen molar-refractivity contribution in [2.45, 2.75) is 59.3 Å². The summed E-state index contributed by atoms with van der Waals surface area (Å²) in [4.78, 5) is 22.2. The number of benzene rings is 1. The van der Waals surface area contributed by atoms with Gasteiger partial charge in [-0.05, 0) is 40.2 Å². The number of nitrogens with zero attached hydrogens (tertiary/aromatic N) is 3. The minimum atomic E-state index is -0.968. The van der Waals surface area contributed by atoms with Crippen molar-refractivity contribution in [3.8, 4) is 0 Å². The van der Waals surface area contributed by atoms with Gasteiger partial charge >= 0.3 is 0 Å². The molecule has 0 aliphatic carbocycles. The molecule has 2 N–H and O–H groups in total. The van der Waals surface area contributed by atoms with Crippen LogP contribution in [0.5, 0.6) is 0 Å². The van der Waals surface area contributed by atoms with Crippen LogP contribution in [0.15, 0.2) is 24.3 Å². The van der Waals surface area contributed by atoms with Crippen LogP contribution in [0.2, 0.25) is 0 Å². The van der Waals surface area contributed by atoms with Crippen LogP contribution < -0.4 is 5.32 Å². The van der Waals surface area contributed by atoms with Gasteiger partial charge < -0.3 is 29.2 Å². The van der Waals surface area contributed by atoms with E-state index in [2.05, 4.69) is 5.32 Å². The Labute approximate surface area is 200 Å². The first kappa shape index (κ1) is 26.0. The maximum Gasteiger partial charge on any atom is 0.225 e. The number of amides is 1. The minimum Gasteiger partial charge on any atom is -0.389 e. The van der Waals surface area contributed by atoms with E-state index in [9.17, 15) is 9.90 Å². The Morgan fingerprint density at radius 2 is 1.79 bits per heavy atom. The fourth-order valence-electron chi connectivity index (χ4n) is 3.72. The second-order valence-corrected chi connectivity index (χ2v) is 8.70. The van der Waals surface area contributed by atoms with Crippen LogP contribution in [0.3, 0.4) is 0 Å². The monoisotopic (exact) mass is 472 g/mol. The molecule has 1 amide bonds. The van der Waals surface area contributed by atoms with Crippen LogP contribution >= 0.6 is 0 Å². The molecule has 0 aliphatic heterocycles. The summed E-state index contributed by atoms with van der Waals surface area (Å²) in [6.45, 7) is 10.8. The van der Waals surface area contributed by atoms with Gasteiger partial charge in [-0.3, -0.25) is 4.79 Å². The van der Waals surface area contributed by atoms with Crippen molar-refractivity contribution in [3.05, 3.63) is 30.1 Å². The zero-order valence-electron chi connectivity index (χ0n) is 20.6. The number of hydrogen-bond donors (Lipinski definition) is 2. The summed E-state index contributed by atoms with van der Waals surface area (Å²) in [7, 11) is 0. The molecule has 2 aromatic heterocycles. The zero-order valence-corrected chi connectivity index (χ0v) is 20.6. The highest BCUT2D eigenvalue weighted by atomic mass is 16.5. The molecule has 0 spiro atoms. The van der Waals surface area contributed by atoms with E-state index >= 15 is 0 Å². The van der Waals surface area contributed by atoms with E-state index in [1.165, 1.54) is 0 Å². The smallest absolute Gasteiger partial charge is 0.225 e. The lowest BCUT2D eigenvalue weighted by Gasteiger charge is -2.20. The summed E-state index contributed by atoms with van der Waals surface area (Å²) in [5.74, 6) is 0.930. The fourth-order valence-corrected chi connectivity index (χ4v) is 3.72. The lowest BCUT2D eigenvalue weighted by molar-refractivity contribution is -0.116. The molecule has 9 nitrogen and oxygen atoms in total. The van der Waals surface area contributed by atoms with Gasteiger partial charge in [0.25, 0.3) is 0 Å². The lowest BCUT2D eigenvalue weighted by Crippen LogP contribution is -2.27. The largest absolute Gasteiger partial charge is 0.389 e. The van der Waals surface area contributed by atoms with E-state index in [1.54, 1.807) is 13.8 Å². The zero-order chi connectivity index (χ0) is 24.6. The van der Waals surface area contributed by atoms with Crippen LogP contribution in [0.1, 0.15) is 46.4 Å². The molecule has 3 aromatic rings. The number of carbonyl (C=O) groups excluding carboxylic acids is 1. The minimum absolute atomic E-state index is 0.152. The van der Waals surface area contributed by atoms with Gasteiger partial charge in [0.15, 0.2) is 5.82 Å². The Balaban J connectivity index is 1.88. The van der Waals surface area contributed by atoms with E-state index in [0.717, 1.165) is 16.4 Å². The molecular weight excluding hydrogens is 436 g/mol. The summed E-state index contributed by atoms with van der Waals surface area (Å²) in [6.07, 6.45) is 0.901. The Bertz CT molecular complexity index is 1090. The summed E-state index contributed by atoms with van der Waals surface area (Å²) >= 11 is 0. The van der Waals surface area contributed by atoms with Gasteiger partial charge in [0, 0.05) is 31.6 Å². The molecule has 0 radical (unpaired) electrons. The quantitative estimate of drug-likeness (QED) is 0.345. The Hall–Kier alpha value is -2.59. The predicted octanol–water partition coefficient (Wildman–Crippen LogP) is 3.66. The number of rotatable bonds is 14. The highest BCUT2D eigenvalue weighted by molar-refractivity contribution is 6.09. The Morgan fingerprint density at radius 3 is 2.53 bits per heavy atom. The van der Waals surface area contributed by atoms with Crippen molar-refractivity contribution in [1.82, 2.24) is 14.5 Å². The first-order valence-corrected chi connectivity index (χ1v) is 11.9. The van der Waals surface area contributed by atoms with E-state index < -0.39 is 5.60 Å². The molecule has 0 saturated carbocycles. The average Bonchev–Trinajstić information content (AvgIpc) is 3.14. The first-order chi connectivity index (χ1) is 16.3. The van der Waals surface area contributed by atoms with Crippen molar-refractivity contribution in [2.75, 3.05) is 38.4 Å². The van der Waals surface area contributed by atoms with E-state index in [1.807, 2.05) is 42.7 Å². The van der Waals surface area contributed by atoms with Crippen LogP contribution in [-0.4, -0.2) is 64.2 Å². The number of aliphatic hydroxyl groups is 1. The topological polar surface area (TPSA) is 108 Å². The van der Waals surface area contributed by atoms with Crippen LogP contribution in [-0.2, 0) is 32.2 Å². The molecule has 0 aliphatic rings. The van der Waals surface area contributed by atoms with Crippen molar-refractivity contribution in [2.24, 2.45) is 0 Å². The molecule has 0 atom stereocenters. The fraction of sp³-hybridized carbons (Fsp3) is 0.560. The Kier molecular flexibility index (Phi) is 9.35. The summed E-state index contributed by atoms with van der Waals surface area (Å²) < 4.78 is 18.3. The predicted molar refractivity (Wildman–Crippen MR) is 132 cm³/mol. The molecule has 0 unspecified atom stereocenters. The summed E-state index contributed by atoms with van der Waals surface area (Å²) in [6, 6.07) is 7.73. The summed E-state index contributed by atoms with van der Waals surface area (Å²) in [5, 5.41) is 14.4. The number of pyridine rings is 1. The van der Waals surface area contributed by atoms with E-state index in [4.69, 9.17) is 24.2 Å². The molecule has 34 heavy (non-hydrogen) atoms. The third kappa shape index (κ3) is 6.96. The van der Waals surface area contributed by atoms with Gasteiger partial charge in [0.05, 0.1) is 36.4 Å². The third-order valence-electron chi connectivity index (χ3n) is 5.17.